The molecule has 148 valence electrons. The van der Waals surface area contributed by atoms with Crippen molar-refractivity contribution in [3.8, 4) is 28.3 Å². The van der Waals surface area contributed by atoms with E-state index in [-0.39, 0.29) is 11.5 Å². The second kappa shape index (κ2) is 9.33. The van der Waals surface area contributed by atoms with Crippen molar-refractivity contribution < 1.29 is 9.53 Å². The molecule has 1 heterocycles. The summed E-state index contributed by atoms with van der Waals surface area (Å²) >= 11 is 1.27. The zero-order valence-electron chi connectivity index (χ0n) is 16.4. The second-order valence-electron chi connectivity index (χ2n) is 6.47. The number of carbonyl (C=O) groups is 1. The van der Waals surface area contributed by atoms with Gasteiger partial charge in [0.25, 0.3) is 0 Å². The molecule has 1 aromatic heterocycles. The summed E-state index contributed by atoms with van der Waals surface area (Å²) in [5.41, 5.74) is 3.95. The first-order valence-corrected chi connectivity index (χ1v) is 10.4. The Hall–Kier alpha value is -3.51. The standard InChI is InChI=1S/C24H19N3O2S/c1-29-20-14-8-13-19(15-20)21(28)16-30-24-25-22(17-9-4-2-5-10-17)23(26-27-24)18-11-6-3-7-12-18/h2-15H,16H2,1H3. The topological polar surface area (TPSA) is 65.0 Å². The molecule has 0 aliphatic carbocycles. The molecular weight excluding hydrogens is 394 g/mol. The number of ether oxygens (including phenoxy) is 1. The van der Waals surface area contributed by atoms with Crippen LogP contribution in [0.25, 0.3) is 22.5 Å². The molecule has 0 spiro atoms. The van der Waals surface area contributed by atoms with Crippen molar-refractivity contribution in [2.45, 2.75) is 5.16 Å². The Morgan fingerprint density at radius 2 is 1.50 bits per heavy atom. The maximum Gasteiger partial charge on any atom is 0.210 e. The summed E-state index contributed by atoms with van der Waals surface area (Å²) in [5, 5.41) is 9.17. The minimum atomic E-state index is -0.0177. The summed E-state index contributed by atoms with van der Waals surface area (Å²) in [4.78, 5) is 17.3. The molecule has 4 aromatic rings. The number of Topliss-reactive ketones (excluding diaryl/α,β-unsaturated/α-hetero) is 1. The quantitative estimate of drug-likeness (QED) is 0.307. The van der Waals surface area contributed by atoms with Crippen LogP contribution >= 0.6 is 11.8 Å². The van der Waals surface area contributed by atoms with Gasteiger partial charge in [0.1, 0.15) is 17.1 Å². The molecule has 0 radical (unpaired) electrons. The van der Waals surface area contributed by atoms with Crippen LogP contribution in [0.1, 0.15) is 10.4 Å². The van der Waals surface area contributed by atoms with E-state index in [2.05, 4.69) is 10.2 Å². The maximum absolute atomic E-state index is 12.6. The zero-order chi connectivity index (χ0) is 20.8. The fourth-order valence-electron chi connectivity index (χ4n) is 2.97. The van der Waals surface area contributed by atoms with Gasteiger partial charge in [-0.3, -0.25) is 4.79 Å². The van der Waals surface area contributed by atoms with Crippen LogP contribution < -0.4 is 4.74 Å². The number of rotatable bonds is 7. The van der Waals surface area contributed by atoms with Crippen molar-refractivity contribution in [2.75, 3.05) is 12.9 Å². The van der Waals surface area contributed by atoms with Crippen molar-refractivity contribution in [3.63, 3.8) is 0 Å². The fourth-order valence-corrected chi connectivity index (χ4v) is 3.65. The van der Waals surface area contributed by atoms with Crippen LogP contribution in [0.15, 0.2) is 90.1 Å². The number of hydrogen-bond acceptors (Lipinski definition) is 6. The maximum atomic E-state index is 12.6. The first kappa shape index (κ1) is 19.8. The molecule has 0 atom stereocenters. The van der Waals surface area contributed by atoms with E-state index in [1.54, 1.807) is 25.3 Å². The monoisotopic (exact) mass is 413 g/mol. The lowest BCUT2D eigenvalue weighted by Gasteiger charge is -2.09. The summed E-state index contributed by atoms with van der Waals surface area (Å²) in [6.45, 7) is 0. The highest BCUT2D eigenvalue weighted by Crippen LogP contribution is 2.29. The number of methoxy groups -OCH3 is 1. The largest absolute Gasteiger partial charge is 0.497 e. The Kier molecular flexibility index (Phi) is 6.15. The number of thioether (sulfide) groups is 1. The van der Waals surface area contributed by atoms with E-state index < -0.39 is 0 Å². The van der Waals surface area contributed by atoms with Crippen LogP contribution in [0.5, 0.6) is 5.75 Å². The first-order valence-electron chi connectivity index (χ1n) is 9.40. The van der Waals surface area contributed by atoms with Gasteiger partial charge in [-0.15, -0.1) is 10.2 Å². The number of nitrogens with zero attached hydrogens (tertiary/aromatic N) is 3. The fraction of sp³-hybridized carbons (Fsp3) is 0.0833. The number of benzene rings is 3. The molecule has 30 heavy (non-hydrogen) atoms. The minimum Gasteiger partial charge on any atom is -0.497 e. The van der Waals surface area contributed by atoms with Crippen molar-refractivity contribution in [2.24, 2.45) is 0 Å². The Balaban J connectivity index is 1.61. The molecule has 0 saturated heterocycles. The molecule has 4 rings (SSSR count). The Morgan fingerprint density at radius 1 is 0.833 bits per heavy atom. The number of carbonyl (C=O) groups excluding carboxylic acids is 1. The van der Waals surface area contributed by atoms with Crippen LogP contribution in [0.4, 0.5) is 0 Å². The molecule has 3 aromatic carbocycles. The van der Waals surface area contributed by atoms with Gasteiger partial charge in [-0.2, -0.15) is 0 Å². The van der Waals surface area contributed by atoms with Crippen LogP contribution in [-0.4, -0.2) is 33.8 Å². The second-order valence-corrected chi connectivity index (χ2v) is 7.41. The molecule has 0 fully saturated rings. The number of aromatic nitrogens is 3. The Bertz CT molecular complexity index is 1150. The van der Waals surface area contributed by atoms with Crippen LogP contribution in [0.2, 0.25) is 0 Å². The Morgan fingerprint density at radius 3 is 2.17 bits per heavy atom. The van der Waals surface area contributed by atoms with Gasteiger partial charge in [-0.25, -0.2) is 4.98 Å². The highest BCUT2D eigenvalue weighted by molar-refractivity contribution is 7.99. The van der Waals surface area contributed by atoms with E-state index >= 15 is 0 Å². The first-order chi connectivity index (χ1) is 14.7. The summed E-state index contributed by atoms with van der Waals surface area (Å²) in [6.07, 6.45) is 0. The molecule has 0 amide bonds. The average molecular weight is 414 g/mol. The van der Waals surface area contributed by atoms with Gasteiger partial charge < -0.3 is 4.74 Å². The van der Waals surface area contributed by atoms with E-state index in [1.165, 1.54) is 11.8 Å². The summed E-state index contributed by atoms with van der Waals surface area (Å²) in [7, 11) is 1.58. The van der Waals surface area contributed by atoms with Crippen molar-refractivity contribution >= 4 is 17.5 Å². The molecule has 0 saturated carbocycles. The lowest BCUT2D eigenvalue weighted by molar-refractivity contribution is 0.102. The zero-order valence-corrected chi connectivity index (χ0v) is 17.2. The van der Waals surface area contributed by atoms with Gasteiger partial charge >= 0.3 is 0 Å². The molecule has 0 bridgehead atoms. The van der Waals surface area contributed by atoms with Crippen molar-refractivity contribution in [3.05, 3.63) is 90.5 Å². The third-order valence-electron chi connectivity index (χ3n) is 4.49. The summed E-state index contributed by atoms with van der Waals surface area (Å²) in [5.74, 6) is 0.853. The van der Waals surface area contributed by atoms with E-state index in [4.69, 9.17) is 9.72 Å². The van der Waals surface area contributed by atoms with Crippen molar-refractivity contribution in [1.82, 2.24) is 15.2 Å². The Labute approximate surface area is 179 Å². The van der Waals surface area contributed by atoms with Gasteiger partial charge in [0.2, 0.25) is 5.16 Å². The number of hydrogen-bond donors (Lipinski definition) is 0. The molecular formula is C24H19N3O2S. The third kappa shape index (κ3) is 4.55. The summed E-state index contributed by atoms with van der Waals surface area (Å²) in [6, 6.07) is 26.8. The normalized spacial score (nSPS) is 10.6. The van der Waals surface area contributed by atoms with Gasteiger partial charge in [0.15, 0.2) is 5.78 Å². The predicted octanol–water partition coefficient (Wildman–Crippen LogP) is 5.19. The molecule has 0 aliphatic heterocycles. The van der Waals surface area contributed by atoms with E-state index in [0.717, 1.165) is 16.8 Å². The van der Waals surface area contributed by atoms with Crippen molar-refractivity contribution in [1.29, 1.82) is 0 Å². The van der Waals surface area contributed by atoms with E-state index in [9.17, 15) is 4.79 Å². The van der Waals surface area contributed by atoms with E-state index in [1.807, 2.05) is 66.7 Å². The molecule has 5 nitrogen and oxygen atoms in total. The van der Waals surface area contributed by atoms with Gasteiger partial charge in [-0.1, -0.05) is 84.6 Å². The predicted molar refractivity (Wildman–Crippen MR) is 119 cm³/mol. The smallest absolute Gasteiger partial charge is 0.210 e. The van der Waals surface area contributed by atoms with Crippen LogP contribution in [-0.2, 0) is 0 Å². The van der Waals surface area contributed by atoms with Gasteiger partial charge in [0, 0.05) is 16.7 Å². The highest BCUT2D eigenvalue weighted by Gasteiger charge is 2.15. The van der Waals surface area contributed by atoms with Crippen LogP contribution in [0, 0.1) is 0 Å². The molecule has 0 unspecified atom stereocenters. The lowest BCUT2D eigenvalue weighted by Crippen LogP contribution is -2.05. The lowest BCUT2D eigenvalue weighted by atomic mass is 10.0. The van der Waals surface area contributed by atoms with Crippen LogP contribution in [0.3, 0.4) is 0 Å². The minimum absolute atomic E-state index is 0.0177. The van der Waals surface area contributed by atoms with Gasteiger partial charge in [-0.05, 0) is 12.1 Å². The summed E-state index contributed by atoms with van der Waals surface area (Å²) < 4.78 is 5.19. The molecule has 6 heteroatoms. The molecule has 0 N–H and O–H groups in total. The molecule has 0 aliphatic rings. The third-order valence-corrected chi connectivity index (χ3v) is 5.32. The number of ketones is 1. The SMILES string of the molecule is COc1cccc(C(=O)CSc2nnc(-c3ccccc3)c(-c3ccccc3)n2)c1. The highest BCUT2D eigenvalue weighted by atomic mass is 32.2. The van der Waals surface area contributed by atoms with Gasteiger partial charge in [0.05, 0.1) is 12.9 Å². The average Bonchev–Trinajstić information content (AvgIpc) is 2.83. The van der Waals surface area contributed by atoms with E-state index in [0.29, 0.717) is 22.2 Å².